The van der Waals surface area contributed by atoms with Gasteiger partial charge in [0.2, 0.25) is 0 Å². The first-order chi connectivity index (χ1) is 19.2. The number of Topliss-reactive ketones (excluding diaryl/α,β-unsaturated/α-hetero) is 1. The van der Waals surface area contributed by atoms with Gasteiger partial charge in [-0.05, 0) is 52.3 Å². The predicted octanol–water partition coefficient (Wildman–Crippen LogP) is 5.96. The van der Waals surface area contributed by atoms with E-state index in [2.05, 4.69) is 24.6 Å². The molecular weight excluding hydrogens is 540 g/mol. The minimum Gasteiger partial charge on any atom is -0.443 e. The zero-order chi connectivity index (χ0) is 30.0. The normalized spacial score (nSPS) is 15.3. The molecule has 0 unspecified atom stereocenters. The van der Waals surface area contributed by atoms with Crippen LogP contribution in [0.25, 0.3) is 22.4 Å². The second-order valence-corrected chi connectivity index (χ2v) is 18.4. The van der Waals surface area contributed by atoms with E-state index in [0.717, 1.165) is 22.9 Å². The molecule has 1 aliphatic rings. The highest BCUT2D eigenvalue weighted by Gasteiger charge is 2.33. The van der Waals surface area contributed by atoms with E-state index in [4.69, 9.17) is 23.9 Å². The maximum absolute atomic E-state index is 13.0. The number of hydrogen-bond acceptors (Lipinski definition) is 8. The fourth-order valence-electron chi connectivity index (χ4n) is 4.45. The van der Waals surface area contributed by atoms with Crippen molar-refractivity contribution < 1.29 is 28.5 Å². The van der Waals surface area contributed by atoms with Gasteiger partial charge in [-0.2, -0.15) is 0 Å². The fourth-order valence-corrected chi connectivity index (χ4v) is 5.21. The first-order valence-corrected chi connectivity index (χ1v) is 17.7. The number of anilines is 1. The smallest absolute Gasteiger partial charge is 0.416 e. The third-order valence-electron chi connectivity index (χ3n) is 6.62. The van der Waals surface area contributed by atoms with Crippen LogP contribution in [0.15, 0.2) is 36.5 Å². The molecule has 1 saturated heterocycles. The predicted molar refractivity (Wildman–Crippen MR) is 161 cm³/mol. The summed E-state index contributed by atoms with van der Waals surface area (Å²) in [7, 11) is -1.26. The van der Waals surface area contributed by atoms with E-state index in [1.165, 1.54) is 18.0 Å². The molecule has 0 atom stereocenters. The van der Waals surface area contributed by atoms with Gasteiger partial charge in [0.05, 0.1) is 31.6 Å². The van der Waals surface area contributed by atoms with Crippen molar-refractivity contribution in [3.63, 3.8) is 0 Å². The van der Waals surface area contributed by atoms with Crippen LogP contribution in [-0.4, -0.2) is 66.5 Å². The number of fused-ring (bicyclic) bond motifs is 1. The van der Waals surface area contributed by atoms with Crippen molar-refractivity contribution in [1.29, 1.82) is 0 Å². The number of nitrogens with zero attached hydrogens (tertiary/aromatic N) is 4. The summed E-state index contributed by atoms with van der Waals surface area (Å²) < 4.78 is 25.3. The van der Waals surface area contributed by atoms with Gasteiger partial charge in [-0.3, -0.25) is 14.3 Å². The van der Waals surface area contributed by atoms with E-state index in [1.54, 1.807) is 20.8 Å². The maximum atomic E-state index is 13.0. The lowest BCUT2D eigenvalue weighted by Gasteiger charge is -2.26. The lowest BCUT2D eigenvalue weighted by atomic mass is 10.0. The molecule has 1 fully saturated rings. The first kappa shape index (κ1) is 30.8. The summed E-state index contributed by atoms with van der Waals surface area (Å²) in [5.74, 6) is -0.717. The van der Waals surface area contributed by atoms with Crippen LogP contribution >= 0.6 is 0 Å². The Morgan fingerprint density at radius 1 is 1.12 bits per heavy atom. The van der Waals surface area contributed by atoms with Crippen molar-refractivity contribution in [2.24, 2.45) is 0 Å². The Kier molecular flexibility index (Phi) is 9.03. The standard InChI is InChI=1S/C30H42N4O6Si/c1-21(35)19-33(28(36)40-29(2,3)4)26-18-31-27-24(32-26)17-25(34(27)20-37-15-16-41(6,7)8)22-9-11-23(12-10-22)30(5)38-13-14-39-30/h9-12,17-18H,13-16,19-20H2,1-8H3. The molecule has 1 aromatic carbocycles. The van der Waals surface area contributed by atoms with Gasteiger partial charge in [0.25, 0.3) is 0 Å². The number of carbonyl (C=O) groups excluding carboxylic acids is 2. The Labute approximate surface area is 243 Å². The van der Waals surface area contributed by atoms with Crippen LogP contribution in [0.1, 0.15) is 40.2 Å². The number of ketones is 1. The van der Waals surface area contributed by atoms with Crippen LogP contribution in [0.4, 0.5) is 10.6 Å². The average molecular weight is 583 g/mol. The topological polar surface area (TPSA) is 105 Å². The van der Waals surface area contributed by atoms with Crippen LogP contribution in [0, 0.1) is 0 Å². The summed E-state index contributed by atoms with van der Waals surface area (Å²) in [5.41, 5.74) is 3.20. The zero-order valence-corrected chi connectivity index (χ0v) is 26.4. The molecule has 10 nitrogen and oxygen atoms in total. The van der Waals surface area contributed by atoms with Crippen LogP contribution in [-0.2, 0) is 36.3 Å². The monoisotopic (exact) mass is 582 g/mol. The van der Waals surface area contributed by atoms with E-state index < -0.39 is 25.6 Å². The molecule has 4 rings (SSSR count). The minimum atomic E-state index is -1.26. The molecule has 0 saturated carbocycles. The zero-order valence-electron chi connectivity index (χ0n) is 25.4. The Morgan fingerprint density at radius 2 is 1.78 bits per heavy atom. The molecule has 1 aliphatic heterocycles. The molecule has 0 radical (unpaired) electrons. The molecule has 0 spiro atoms. The molecular formula is C30H42N4O6Si. The van der Waals surface area contributed by atoms with Crippen molar-refractivity contribution >= 4 is 36.9 Å². The van der Waals surface area contributed by atoms with E-state index in [1.807, 2.05) is 41.8 Å². The van der Waals surface area contributed by atoms with Gasteiger partial charge >= 0.3 is 6.09 Å². The van der Waals surface area contributed by atoms with Crippen molar-refractivity contribution in [2.45, 2.75) is 78.4 Å². The highest BCUT2D eigenvalue weighted by Crippen LogP contribution is 2.34. The van der Waals surface area contributed by atoms with Crippen molar-refractivity contribution in [1.82, 2.24) is 14.5 Å². The Hall–Kier alpha value is -3.12. The highest BCUT2D eigenvalue weighted by atomic mass is 28.3. The molecule has 222 valence electrons. The van der Waals surface area contributed by atoms with Gasteiger partial charge in [0, 0.05) is 20.2 Å². The van der Waals surface area contributed by atoms with Crippen LogP contribution < -0.4 is 4.90 Å². The number of ether oxygens (including phenoxy) is 4. The van der Waals surface area contributed by atoms with E-state index in [-0.39, 0.29) is 18.1 Å². The largest absolute Gasteiger partial charge is 0.443 e. The summed E-state index contributed by atoms with van der Waals surface area (Å²) in [4.78, 5) is 35.7. The molecule has 1 amide bonds. The Balaban J connectivity index is 1.72. The quantitative estimate of drug-likeness (QED) is 0.213. The van der Waals surface area contributed by atoms with Gasteiger partial charge in [-0.25, -0.2) is 14.8 Å². The van der Waals surface area contributed by atoms with Gasteiger partial charge in [0.1, 0.15) is 23.6 Å². The fraction of sp³-hybridized carbons (Fsp3) is 0.533. The molecule has 0 aliphatic carbocycles. The van der Waals surface area contributed by atoms with Gasteiger partial charge in [-0.1, -0.05) is 43.9 Å². The minimum absolute atomic E-state index is 0.174. The summed E-state index contributed by atoms with van der Waals surface area (Å²) >= 11 is 0. The number of rotatable bonds is 10. The van der Waals surface area contributed by atoms with Crippen molar-refractivity contribution in [2.75, 3.05) is 31.3 Å². The van der Waals surface area contributed by atoms with Gasteiger partial charge in [0.15, 0.2) is 17.3 Å². The maximum Gasteiger partial charge on any atom is 0.416 e. The number of aromatic nitrogens is 3. The molecule has 2 aromatic heterocycles. The molecule has 41 heavy (non-hydrogen) atoms. The summed E-state index contributed by atoms with van der Waals surface area (Å²) in [6, 6.07) is 11.0. The molecule has 11 heteroatoms. The molecule has 0 N–H and O–H groups in total. The third kappa shape index (κ3) is 7.79. The number of benzene rings is 1. The van der Waals surface area contributed by atoms with Gasteiger partial charge < -0.3 is 18.9 Å². The summed E-state index contributed by atoms with van der Waals surface area (Å²) in [6.07, 6.45) is 0.840. The van der Waals surface area contributed by atoms with Crippen LogP contribution in [0.3, 0.4) is 0 Å². The molecule has 0 bridgehead atoms. The first-order valence-electron chi connectivity index (χ1n) is 14.0. The number of carbonyl (C=O) groups is 2. The highest BCUT2D eigenvalue weighted by molar-refractivity contribution is 6.76. The van der Waals surface area contributed by atoms with Crippen molar-refractivity contribution in [3.8, 4) is 11.3 Å². The van der Waals surface area contributed by atoms with E-state index >= 15 is 0 Å². The lowest BCUT2D eigenvalue weighted by molar-refractivity contribution is -0.149. The van der Waals surface area contributed by atoms with Crippen molar-refractivity contribution in [3.05, 3.63) is 42.1 Å². The molecule has 3 aromatic rings. The van der Waals surface area contributed by atoms with E-state index in [0.29, 0.717) is 37.7 Å². The third-order valence-corrected chi connectivity index (χ3v) is 8.32. The lowest BCUT2D eigenvalue weighted by Crippen LogP contribution is -2.40. The van der Waals surface area contributed by atoms with Crippen LogP contribution in [0.2, 0.25) is 25.7 Å². The number of amides is 1. The van der Waals surface area contributed by atoms with Gasteiger partial charge in [-0.15, -0.1) is 0 Å². The second kappa shape index (κ2) is 12.0. The Morgan fingerprint density at radius 3 is 2.37 bits per heavy atom. The molecule has 3 heterocycles. The second-order valence-electron chi connectivity index (χ2n) is 12.7. The van der Waals surface area contributed by atoms with E-state index in [9.17, 15) is 9.59 Å². The summed E-state index contributed by atoms with van der Waals surface area (Å²) in [6.45, 7) is 17.5. The Bertz CT molecular complexity index is 1380. The van der Waals surface area contributed by atoms with Crippen LogP contribution in [0.5, 0.6) is 0 Å². The number of hydrogen-bond donors (Lipinski definition) is 0. The average Bonchev–Trinajstić information content (AvgIpc) is 3.47. The SMILES string of the molecule is CC(=O)CN(C(=O)OC(C)(C)C)c1cnc2c(cc(-c3ccc(C4(C)OCCO4)cc3)n2COCC[Si](C)(C)C)n1. The summed E-state index contributed by atoms with van der Waals surface area (Å²) in [5, 5.41) is 0.